The van der Waals surface area contributed by atoms with Crippen LogP contribution in [0.5, 0.6) is 5.75 Å². The highest BCUT2D eigenvalue weighted by atomic mass is 32.2. The molecule has 0 heterocycles. The summed E-state index contributed by atoms with van der Waals surface area (Å²) in [5.74, 6) is 0.635. The smallest absolute Gasteiger partial charge is 0.201 e. The van der Waals surface area contributed by atoms with E-state index in [1.807, 2.05) is 26.0 Å². The van der Waals surface area contributed by atoms with E-state index in [-0.39, 0.29) is 9.80 Å². The molecule has 0 spiro atoms. The number of ether oxygens (including phenoxy) is 1. The molecule has 150 valence electrons. The molecule has 1 atom stereocenters. The second kappa shape index (κ2) is 8.76. The Balaban J connectivity index is 2.13. The lowest BCUT2D eigenvalue weighted by molar-refractivity contribution is 0.415. The van der Waals surface area contributed by atoms with Crippen molar-refractivity contribution in [2.75, 3.05) is 7.11 Å². The van der Waals surface area contributed by atoms with Crippen molar-refractivity contribution in [1.29, 1.82) is 0 Å². The maximum atomic E-state index is 13.3. The van der Waals surface area contributed by atoms with Crippen molar-refractivity contribution in [2.24, 2.45) is 0 Å². The number of rotatable bonds is 6. The van der Waals surface area contributed by atoms with Gasteiger partial charge in [0, 0.05) is 4.90 Å². The largest absolute Gasteiger partial charge is 0.497 e. The SMILES string of the molecule is COc1ccc(C(=CS(=O)(=O)c2ccc(C)cc2)S(=O)c2ccc(C)cc2)cc1. The van der Waals surface area contributed by atoms with Gasteiger partial charge in [0.25, 0.3) is 0 Å². The Morgan fingerprint density at radius 1 is 0.828 bits per heavy atom. The van der Waals surface area contributed by atoms with E-state index in [2.05, 4.69) is 0 Å². The van der Waals surface area contributed by atoms with E-state index in [1.54, 1.807) is 67.8 Å². The summed E-state index contributed by atoms with van der Waals surface area (Å²) in [6.45, 7) is 3.83. The molecule has 0 saturated carbocycles. The monoisotopic (exact) mass is 426 g/mol. The second-order valence-corrected chi connectivity index (χ2v) is 9.90. The average Bonchev–Trinajstić information content (AvgIpc) is 2.72. The molecule has 29 heavy (non-hydrogen) atoms. The van der Waals surface area contributed by atoms with E-state index < -0.39 is 20.6 Å². The zero-order valence-electron chi connectivity index (χ0n) is 16.5. The Morgan fingerprint density at radius 3 is 1.86 bits per heavy atom. The summed E-state index contributed by atoms with van der Waals surface area (Å²) in [5.41, 5.74) is 2.56. The van der Waals surface area contributed by atoms with Crippen molar-refractivity contribution in [2.45, 2.75) is 23.6 Å². The molecule has 0 aliphatic rings. The third kappa shape index (κ3) is 5.02. The van der Waals surface area contributed by atoms with Gasteiger partial charge in [0.1, 0.15) is 5.75 Å². The van der Waals surface area contributed by atoms with Gasteiger partial charge in [-0.3, -0.25) is 0 Å². The summed E-state index contributed by atoms with van der Waals surface area (Å²) in [6, 6.07) is 20.7. The molecule has 0 aliphatic heterocycles. The lowest BCUT2D eigenvalue weighted by Gasteiger charge is -2.10. The number of benzene rings is 3. The summed E-state index contributed by atoms with van der Waals surface area (Å²) in [6.07, 6.45) is 0. The van der Waals surface area contributed by atoms with Gasteiger partial charge >= 0.3 is 0 Å². The van der Waals surface area contributed by atoms with Gasteiger partial charge in [0.2, 0.25) is 9.84 Å². The third-order valence-electron chi connectivity index (χ3n) is 4.42. The highest BCUT2D eigenvalue weighted by Gasteiger charge is 2.19. The van der Waals surface area contributed by atoms with Crippen molar-refractivity contribution in [3.63, 3.8) is 0 Å². The van der Waals surface area contributed by atoms with Gasteiger partial charge in [-0.25, -0.2) is 12.6 Å². The fraction of sp³-hybridized carbons (Fsp3) is 0.130. The Labute approximate surface area is 174 Å². The van der Waals surface area contributed by atoms with Gasteiger partial charge < -0.3 is 4.74 Å². The standard InChI is InChI=1S/C23H22O4S2/c1-17-4-12-21(13-5-17)28(24)23(19-8-10-20(27-3)11-9-19)16-29(25,26)22-14-6-18(2)7-15-22/h4-16H,1-3H3. The van der Waals surface area contributed by atoms with E-state index in [0.717, 1.165) is 16.5 Å². The minimum atomic E-state index is -3.79. The normalized spacial score (nSPS) is 13.1. The molecule has 0 N–H and O–H groups in total. The van der Waals surface area contributed by atoms with Crippen molar-refractivity contribution in [3.05, 3.63) is 94.9 Å². The van der Waals surface area contributed by atoms with Gasteiger partial charge in [0.05, 0.1) is 33.1 Å². The first kappa shape index (κ1) is 21.0. The quantitative estimate of drug-likeness (QED) is 0.563. The fourth-order valence-corrected chi connectivity index (χ4v) is 5.49. The van der Waals surface area contributed by atoms with Crippen molar-refractivity contribution < 1.29 is 17.4 Å². The number of methoxy groups -OCH3 is 1. The summed E-state index contributed by atoms with van der Waals surface area (Å²) < 4.78 is 44.5. The topological polar surface area (TPSA) is 60.4 Å². The Hall–Kier alpha value is -2.70. The van der Waals surface area contributed by atoms with Gasteiger partial charge in [-0.15, -0.1) is 0 Å². The predicted octanol–water partition coefficient (Wildman–Crippen LogP) is 4.89. The lowest BCUT2D eigenvalue weighted by Crippen LogP contribution is -2.03. The van der Waals surface area contributed by atoms with Gasteiger partial charge in [-0.2, -0.15) is 0 Å². The summed E-state index contributed by atoms with van der Waals surface area (Å²) in [4.78, 5) is 0.920. The van der Waals surface area contributed by atoms with Crippen molar-refractivity contribution >= 4 is 25.5 Å². The lowest BCUT2D eigenvalue weighted by atomic mass is 10.2. The third-order valence-corrected chi connectivity index (χ3v) is 7.50. The molecule has 3 aromatic carbocycles. The minimum Gasteiger partial charge on any atom is -0.497 e. The van der Waals surface area contributed by atoms with Crippen molar-refractivity contribution in [1.82, 2.24) is 0 Å². The number of sulfone groups is 1. The molecule has 0 aliphatic carbocycles. The molecule has 0 aromatic heterocycles. The maximum absolute atomic E-state index is 13.3. The van der Waals surface area contributed by atoms with Crippen LogP contribution in [0.3, 0.4) is 0 Å². The van der Waals surface area contributed by atoms with E-state index in [4.69, 9.17) is 4.74 Å². The molecule has 0 saturated heterocycles. The summed E-state index contributed by atoms with van der Waals surface area (Å²) in [7, 11) is -3.91. The van der Waals surface area contributed by atoms with Crippen LogP contribution in [0.2, 0.25) is 0 Å². The Kier molecular flexibility index (Phi) is 6.35. The highest BCUT2D eigenvalue weighted by molar-refractivity contribution is 7.99. The Bertz CT molecular complexity index is 1140. The zero-order chi connectivity index (χ0) is 21.0. The molecule has 0 radical (unpaired) electrons. The number of aryl methyl sites for hydroxylation is 2. The second-order valence-electron chi connectivity index (χ2n) is 6.65. The van der Waals surface area contributed by atoms with Crippen LogP contribution in [-0.4, -0.2) is 19.7 Å². The zero-order valence-corrected chi connectivity index (χ0v) is 18.1. The average molecular weight is 427 g/mol. The number of hydrogen-bond acceptors (Lipinski definition) is 4. The van der Waals surface area contributed by atoms with Crippen LogP contribution in [0.15, 0.2) is 88.0 Å². The van der Waals surface area contributed by atoms with Gasteiger partial charge in [0.15, 0.2) is 0 Å². The number of hydrogen-bond donors (Lipinski definition) is 0. The Morgan fingerprint density at radius 2 is 1.34 bits per heavy atom. The van der Waals surface area contributed by atoms with Crippen LogP contribution in [0.4, 0.5) is 0 Å². The molecular formula is C23H22O4S2. The van der Waals surface area contributed by atoms with E-state index in [9.17, 15) is 12.6 Å². The first-order valence-corrected chi connectivity index (χ1v) is 11.7. The molecule has 0 fully saturated rings. The first-order valence-electron chi connectivity index (χ1n) is 8.96. The van der Waals surface area contributed by atoms with Gasteiger partial charge in [-0.05, 0) is 55.8 Å². The first-order chi connectivity index (χ1) is 13.8. The highest BCUT2D eigenvalue weighted by Crippen LogP contribution is 2.29. The molecule has 6 heteroatoms. The van der Waals surface area contributed by atoms with Crippen LogP contribution in [0.25, 0.3) is 4.91 Å². The minimum absolute atomic E-state index is 0.162. The molecule has 4 nitrogen and oxygen atoms in total. The molecule has 0 amide bonds. The van der Waals surface area contributed by atoms with E-state index in [1.165, 1.54) is 0 Å². The molecular weight excluding hydrogens is 404 g/mol. The fourth-order valence-electron chi connectivity index (χ4n) is 2.70. The molecule has 1 unspecified atom stereocenters. The summed E-state index contributed by atoms with van der Waals surface area (Å²) in [5, 5.41) is 1.11. The predicted molar refractivity (Wildman–Crippen MR) is 117 cm³/mol. The van der Waals surface area contributed by atoms with Crippen LogP contribution < -0.4 is 4.74 Å². The molecule has 0 bridgehead atoms. The van der Waals surface area contributed by atoms with Crippen LogP contribution in [0, 0.1) is 13.8 Å². The van der Waals surface area contributed by atoms with E-state index in [0.29, 0.717) is 16.2 Å². The maximum Gasteiger partial charge on any atom is 0.201 e. The van der Waals surface area contributed by atoms with Crippen molar-refractivity contribution in [3.8, 4) is 5.75 Å². The summed E-state index contributed by atoms with van der Waals surface area (Å²) >= 11 is 0. The van der Waals surface area contributed by atoms with Gasteiger partial charge in [-0.1, -0.05) is 47.5 Å². The van der Waals surface area contributed by atoms with E-state index >= 15 is 0 Å². The van der Waals surface area contributed by atoms with Crippen LogP contribution in [0.1, 0.15) is 16.7 Å². The molecule has 3 aromatic rings. The molecule has 3 rings (SSSR count). The van der Waals surface area contributed by atoms with Crippen LogP contribution >= 0.6 is 0 Å². The van der Waals surface area contributed by atoms with Crippen LogP contribution in [-0.2, 0) is 20.6 Å².